The number of carbonyl (C=O) groups is 1. The van der Waals surface area contributed by atoms with Gasteiger partial charge in [0.05, 0.1) is 36.1 Å². The van der Waals surface area contributed by atoms with Crippen LogP contribution >= 0.6 is 24.0 Å². The van der Waals surface area contributed by atoms with Crippen LogP contribution in [0.4, 0.5) is 10.1 Å². The van der Waals surface area contributed by atoms with Crippen LogP contribution in [0.1, 0.15) is 27.6 Å². The summed E-state index contributed by atoms with van der Waals surface area (Å²) in [5.74, 6) is -1.01. The van der Waals surface area contributed by atoms with Gasteiger partial charge in [0.2, 0.25) is 0 Å². The summed E-state index contributed by atoms with van der Waals surface area (Å²) in [6.07, 6.45) is 2.62. The molecule has 1 saturated heterocycles. The molecule has 0 unspecified atom stereocenters. The Morgan fingerprint density at radius 3 is 2.87 bits per heavy atom. The number of amides is 1. The van der Waals surface area contributed by atoms with Gasteiger partial charge in [-0.05, 0) is 30.3 Å². The van der Waals surface area contributed by atoms with Crippen LogP contribution in [0.25, 0.3) is 5.69 Å². The van der Waals surface area contributed by atoms with E-state index < -0.39 is 11.7 Å². The SMILES string of the molecule is Cl.N#Cc1ccc(-n2cc(C(=O)Nc3ccc([C@H]4CNCCO4)c(Cl)c3)cn2)c(F)c1. The predicted octanol–water partition coefficient (Wildman–Crippen LogP) is 3.87. The first-order chi connectivity index (χ1) is 14.5. The second-order valence-corrected chi connectivity index (χ2v) is 7.11. The van der Waals surface area contributed by atoms with Crippen LogP contribution in [0.5, 0.6) is 0 Å². The third kappa shape index (κ3) is 5.03. The lowest BCUT2D eigenvalue weighted by Gasteiger charge is -2.25. The Morgan fingerprint density at radius 2 is 2.19 bits per heavy atom. The lowest BCUT2D eigenvalue weighted by atomic mass is 10.1. The highest BCUT2D eigenvalue weighted by Gasteiger charge is 2.19. The van der Waals surface area contributed by atoms with Crippen molar-refractivity contribution < 1.29 is 13.9 Å². The molecule has 2 aromatic carbocycles. The van der Waals surface area contributed by atoms with Gasteiger partial charge in [0.1, 0.15) is 11.5 Å². The molecule has 3 aromatic rings. The summed E-state index contributed by atoms with van der Waals surface area (Å²) in [5.41, 5.74) is 1.97. The molecule has 1 aliphatic heterocycles. The Kier molecular flexibility index (Phi) is 7.25. The smallest absolute Gasteiger partial charge is 0.258 e. The number of ether oxygens (including phenoxy) is 1. The molecular formula is C21H18Cl2FN5O2. The first kappa shape index (κ1) is 22.7. The van der Waals surface area contributed by atoms with Crippen LogP contribution in [0.2, 0.25) is 5.02 Å². The van der Waals surface area contributed by atoms with Crippen LogP contribution in [0, 0.1) is 17.1 Å². The highest BCUT2D eigenvalue weighted by atomic mass is 35.5. The lowest BCUT2D eigenvalue weighted by molar-refractivity contribution is 0.0278. The normalized spacial score (nSPS) is 15.6. The van der Waals surface area contributed by atoms with Crippen molar-refractivity contribution >= 4 is 35.6 Å². The van der Waals surface area contributed by atoms with Crippen molar-refractivity contribution in [2.45, 2.75) is 6.10 Å². The summed E-state index contributed by atoms with van der Waals surface area (Å²) in [4.78, 5) is 12.6. The second kappa shape index (κ2) is 9.90. The molecule has 1 aliphatic rings. The summed E-state index contributed by atoms with van der Waals surface area (Å²) in [5, 5.41) is 19.4. The van der Waals surface area contributed by atoms with Crippen LogP contribution in [0.3, 0.4) is 0 Å². The number of aromatic nitrogens is 2. The van der Waals surface area contributed by atoms with Crippen molar-refractivity contribution in [3.05, 3.63) is 76.3 Å². The van der Waals surface area contributed by atoms with Crippen molar-refractivity contribution in [2.24, 2.45) is 0 Å². The molecule has 10 heteroatoms. The van der Waals surface area contributed by atoms with Crippen molar-refractivity contribution in [1.29, 1.82) is 5.26 Å². The molecule has 0 radical (unpaired) electrons. The quantitative estimate of drug-likeness (QED) is 0.614. The largest absolute Gasteiger partial charge is 0.371 e. The average molecular weight is 462 g/mol. The Bertz CT molecular complexity index is 1140. The van der Waals surface area contributed by atoms with Gasteiger partial charge in [-0.1, -0.05) is 17.7 Å². The molecule has 1 aromatic heterocycles. The molecule has 0 saturated carbocycles. The topological polar surface area (TPSA) is 92.0 Å². The summed E-state index contributed by atoms with van der Waals surface area (Å²) in [6, 6.07) is 11.1. The highest BCUT2D eigenvalue weighted by molar-refractivity contribution is 6.31. The van der Waals surface area contributed by atoms with Gasteiger partial charge in [-0.25, -0.2) is 9.07 Å². The van der Waals surface area contributed by atoms with Crippen molar-refractivity contribution in [3.63, 3.8) is 0 Å². The standard InChI is InChI=1S/C21H17ClFN5O2.ClH/c22-17-8-15(2-3-16(17)20-11-25-5-6-30-20)27-21(29)14-10-26-28(12-14)19-4-1-13(9-24)7-18(19)23;/h1-4,7-8,10,12,20,25H,5-6,11H2,(H,27,29);1H/t20-;/m1./s1. The summed E-state index contributed by atoms with van der Waals surface area (Å²) >= 11 is 6.38. The van der Waals surface area contributed by atoms with Crippen LogP contribution in [-0.2, 0) is 4.74 Å². The molecule has 1 atom stereocenters. The monoisotopic (exact) mass is 461 g/mol. The Balaban J connectivity index is 0.00000272. The molecule has 31 heavy (non-hydrogen) atoms. The Labute approximate surface area is 189 Å². The number of benzene rings is 2. The number of carbonyl (C=O) groups excluding carboxylic acids is 1. The van der Waals surface area contributed by atoms with Gasteiger partial charge >= 0.3 is 0 Å². The van der Waals surface area contributed by atoms with Crippen molar-refractivity contribution in [2.75, 3.05) is 25.0 Å². The van der Waals surface area contributed by atoms with Crippen molar-refractivity contribution in [1.82, 2.24) is 15.1 Å². The zero-order valence-corrected chi connectivity index (χ0v) is 17.7. The number of morpholine rings is 1. The molecule has 1 fully saturated rings. The van der Waals surface area contributed by atoms with E-state index in [4.69, 9.17) is 21.6 Å². The molecule has 7 nitrogen and oxygen atoms in total. The van der Waals surface area contributed by atoms with Crippen LogP contribution in [0.15, 0.2) is 48.8 Å². The third-order valence-corrected chi connectivity index (χ3v) is 5.03. The van der Waals surface area contributed by atoms with E-state index in [0.717, 1.165) is 18.2 Å². The zero-order valence-electron chi connectivity index (χ0n) is 16.1. The van der Waals surface area contributed by atoms with Gasteiger partial charge < -0.3 is 15.4 Å². The summed E-state index contributed by atoms with van der Waals surface area (Å²) < 4.78 is 21.1. The Hall–Kier alpha value is -2.96. The summed E-state index contributed by atoms with van der Waals surface area (Å²) in [6.45, 7) is 2.10. The van der Waals surface area contributed by atoms with Crippen molar-refractivity contribution in [3.8, 4) is 11.8 Å². The molecule has 2 heterocycles. The van der Waals surface area contributed by atoms with E-state index in [1.54, 1.807) is 12.1 Å². The Morgan fingerprint density at radius 1 is 1.35 bits per heavy atom. The van der Waals surface area contributed by atoms with Gasteiger partial charge in [-0.3, -0.25) is 4.79 Å². The maximum absolute atomic E-state index is 14.2. The van der Waals surface area contributed by atoms with E-state index >= 15 is 0 Å². The average Bonchev–Trinajstić information content (AvgIpc) is 3.24. The number of rotatable bonds is 4. The number of hydrogen-bond acceptors (Lipinski definition) is 5. The lowest BCUT2D eigenvalue weighted by Crippen LogP contribution is -2.33. The number of halogens is 3. The molecule has 0 aliphatic carbocycles. The van der Waals surface area contributed by atoms with Gasteiger partial charge in [0.25, 0.3) is 5.91 Å². The van der Waals surface area contributed by atoms with E-state index in [9.17, 15) is 9.18 Å². The molecular weight excluding hydrogens is 444 g/mol. The first-order valence-electron chi connectivity index (χ1n) is 9.23. The van der Waals surface area contributed by atoms with E-state index in [2.05, 4.69) is 15.7 Å². The van der Waals surface area contributed by atoms with Gasteiger partial charge in [-0.15, -0.1) is 12.4 Å². The molecule has 2 N–H and O–H groups in total. The second-order valence-electron chi connectivity index (χ2n) is 6.71. The maximum atomic E-state index is 14.2. The fraction of sp³-hybridized carbons (Fsp3) is 0.190. The van der Waals surface area contributed by atoms with Gasteiger partial charge in [-0.2, -0.15) is 10.4 Å². The first-order valence-corrected chi connectivity index (χ1v) is 9.61. The fourth-order valence-electron chi connectivity index (χ4n) is 3.17. The minimum Gasteiger partial charge on any atom is -0.371 e. The van der Waals surface area contributed by atoms with Crippen LogP contribution in [-0.4, -0.2) is 35.4 Å². The number of nitriles is 1. The van der Waals surface area contributed by atoms with Crippen LogP contribution < -0.4 is 10.6 Å². The molecule has 4 rings (SSSR count). The molecule has 0 bridgehead atoms. The van der Waals surface area contributed by atoms with E-state index in [1.165, 1.54) is 29.2 Å². The highest BCUT2D eigenvalue weighted by Crippen LogP contribution is 2.29. The minimum atomic E-state index is -0.606. The summed E-state index contributed by atoms with van der Waals surface area (Å²) in [7, 11) is 0. The maximum Gasteiger partial charge on any atom is 0.258 e. The number of anilines is 1. The molecule has 1 amide bonds. The third-order valence-electron chi connectivity index (χ3n) is 4.70. The fourth-order valence-corrected chi connectivity index (χ4v) is 3.47. The number of nitrogens with one attached hydrogen (secondary N) is 2. The minimum absolute atomic E-state index is 0. The van der Waals surface area contributed by atoms with Gasteiger partial charge in [0, 0.05) is 35.6 Å². The van der Waals surface area contributed by atoms with E-state index in [-0.39, 0.29) is 35.3 Å². The number of hydrogen-bond donors (Lipinski definition) is 2. The van der Waals surface area contributed by atoms with E-state index in [0.29, 0.717) is 23.9 Å². The number of nitrogens with zero attached hydrogens (tertiary/aromatic N) is 3. The molecule has 0 spiro atoms. The predicted molar refractivity (Wildman–Crippen MR) is 116 cm³/mol. The molecule has 160 valence electrons. The van der Waals surface area contributed by atoms with Gasteiger partial charge in [0.15, 0.2) is 0 Å². The zero-order chi connectivity index (χ0) is 21.1. The van der Waals surface area contributed by atoms with E-state index in [1.807, 2.05) is 12.1 Å².